The third kappa shape index (κ3) is 4.34. The van der Waals surface area contributed by atoms with E-state index < -0.39 is 9.84 Å². The zero-order chi connectivity index (χ0) is 14.6. The van der Waals surface area contributed by atoms with Gasteiger partial charge in [0.15, 0.2) is 9.84 Å². The number of carbonyl (C=O) groups is 1. The van der Waals surface area contributed by atoms with E-state index in [1.807, 2.05) is 37.3 Å². The second-order valence-corrected chi connectivity index (χ2v) is 7.51. The van der Waals surface area contributed by atoms with Crippen LogP contribution in [0.3, 0.4) is 0 Å². The SMILES string of the molecule is CCCS(=O)(=O)CC(=O)N(Cc1ccccc1)C1CC1. The van der Waals surface area contributed by atoms with E-state index in [1.165, 1.54) is 0 Å². The Morgan fingerprint density at radius 3 is 2.45 bits per heavy atom. The van der Waals surface area contributed by atoms with Crippen LogP contribution in [0.5, 0.6) is 0 Å². The maximum Gasteiger partial charge on any atom is 0.238 e. The number of amides is 1. The number of nitrogens with zero attached hydrogens (tertiary/aromatic N) is 1. The van der Waals surface area contributed by atoms with Gasteiger partial charge in [0.1, 0.15) is 5.75 Å². The monoisotopic (exact) mass is 295 g/mol. The van der Waals surface area contributed by atoms with Crippen LogP contribution in [0.2, 0.25) is 0 Å². The predicted octanol–water partition coefficient (Wildman–Crippen LogP) is 2.00. The summed E-state index contributed by atoms with van der Waals surface area (Å²) in [5, 5.41) is 0. The van der Waals surface area contributed by atoms with Crippen molar-refractivity contribution in [3.05, 3.63) is 35.9 Å². The Morgan fingerprint density at radius 1 is 1.25 bits per heavy atom. The van der Waals surface area contributed by atoms with Crippen LogP contribution < -0.4 is 0 Å². The number of rotatable bonds is 7. The van der Waals surface area contributed by atoms with Crippen molar-refractivity contribution in [1.82, 2.24) is 4.90 Å². The Kier molecular flexibility index (Phi) is 4.81. The van der Waals surface area contributed by atoms with E-state index >= 15 is 0 Å². The van der Waals surface area contributed by atoms with Gasteiger partial charge < -0.3 is 4.90 Å². The summed E-state index contributed by atoms with van der Waals surface area (Å²) in [6.07, 6.45) is 2.51. The van der Waals surface area contributed by atoms with Crippen molar-refractivity contribution in [2.45, 2.75) is 38.8 Å². The van der Waals surface area contributed by atoms with Crippen LogP contribution in [0.25, 0.3) is 0 Å². The van der Waals surface area contributed by atoms with Crippen LogP contribution in [-0.2, 0) is 21.2 Å². The lowest BCUT2D eigenvalue weighted by Crippen LogP contribution is -2.37. The summed E-state index contributed by atoms with van der Waals surface area (Å²) in [5.74, 6) is -0.531. The Morgan fingerprint density at radius 2 is 1.90 bits per heavy atom. The summed E-state index contributed by atoms with van der Waals surface area (Å²) in [4.78, 5) is 14.0. The highest BCUT2D eigenvalue weighted by Gasteiger charge is 2.34. The van der Waals surface area contributed by atoms with E-state index in [0.29, 0.717) is 13.0 Å². The number of sulfone groups is 1. The Hall–Kier alpha value is -1.36. The van der Waals surface area contributed by atoms with Crippen molar-refractivity contribution in [1.29, 1.82) is 0 Å². The molecule has 0 bridgehead atoms. The predicted molar refractivity (Wildman–Crippen MR) is 79.0 cm³/mol. The largest absolute Gasteiger partial charge is 0.335 e. The van der Waals surface area contributed by atoms with E-state index in [0.717, 1.165) is 18.4 Å². The molecule has 1 aromatic carbocycles. The van der Waals surface area contributed by atoms with Crippen molar-refractivity contribution in [2.75, 3.05) is 11.5 Å². The summed E-state index contributed by atoms with van der Waals surface area (Å²) >= 11 is 0. The number of hydrogen-bond acceptors (Lipinski definition) is 3. The Bertz CT molecular complexity index is 550. The highest BCUT2D eigenvalue weighted by Crippen LogP contribution is 2.28. The molecule has 1 aromatic rings. The van der Waals surface area contributed by atoms with Crippen molar-refractivity contribution in [3.63, 3.8) is 0 Å². The third-order valence-electron chi connectivity index (χ3n) is 3.36. The normalized spacial score (nSPS) is 15.1. The van der Waals surface area contributed by atoms with Crippen LogP contribution in [0.1, 0.15) is 31.7 Å². The van der Waals surface area contributed by atoms with Crippen molar-refractivity contribution < 1.29 is 13.2 Å². The number of hydrogen-bond donors (Lipinski definition) is 0. The first-order valence-corrected chi connectivity index (χ1v) is 8.88. The van der Waals surface area contributed by atoms with Crippen LogP contribution in [-0.4, -0.2) is 36.8 Å². The molecular formula is C15H21NO3S. The molecular weight excluding hydrogens is 274 g/mol. The molecule has 4 nitrogen and oxygen atoms in total. The van der Waals surface area contributed by atoms with Gasteiger partial charge in [0.2, 0.25) is 5.91 Å². The molecule has 0 N–H and O–H groups in total. The van der Waals surface area contributed by atoms with Gasteiger partial charge in [-0.05, 0) is 24.8 Å². The van der Waals surface area contributed by atoms with Gasteiger partial charge in [-0.3, -0.25) is 4.79 Å². The summed E-state index contributed by atoms with van der Waals surface area (Å²) in [6.45, 7) is 2.32. The number of carbonyl (C=O) groups excluding carboxylic acids is 1. The lowest BCUT2D eigenvalue weighted by Gasteiger charge is -2.22. The fraction of sp³-hybridized carbons (Fsp3) is 0.533. The maximum absolute atomic E-state index is 12.3. The third-order valence-corrected chi connectivity index (χ3v) is 5.08. The van der Waals surface area contributed by atoms with Crippen LogP contribution in [0.15, 0.2) is 30.3 Å². The molecule has 1 amide bonds. The molecule has 0 spiro atoms. The van der Waals surface area contributed by atoms with Crippen molar-refractivity contribution >= 4 is 15.7 Å². The molecule has 0 aromatic heterocycles. The fourth-order valence-electron chi connectivity index (χ4n) is 2.24. The first-order chi connectivity index (χ1) is 9.52. The van der Waals surface area contributed by atoms with Gasteiger partial charge in [-0.25, -0.2) is 8.42 Å². The molecule has 0 saturated heterocycles. The highest BCUT2D eigenvalue weighted by molar-refractivity contribution is 7.92. The van der Waals surface area contributed by atoms with Crippen LogP contribution in [0.4, 0.5) is 0 Å². The standard InChI is InChI=1S/C15H21NO3S/c1-2-10-20(18,19)12-15(17)16(14-8-9-14)11-13-6-4-3-5-7-13/h3-7,14H,2,8-12H2,1H3. The van der Waals surface area contributed by atoms with E-state index in [1.54, 1.807) is 4.90 Å². The van der Waals surface area contributed by atoms with Crippen LogP contribution in [0, 0.1) is 0 Å². The first kappa shape index (κ1) is 15.0. The molecule has 0 radical (unpaired) electrons. The smallest absolute Gasteiger partial charge is 0.238 e. The molecule has 1 aliphatic carbocycles. The van der Waals surface area contributed by atoms with E-state index in [4.69, 9.17) is 0 Å². The lowest BCUT2D eigenvalue weighted by molar-refractivity contribution is -0.129. The van der Waals surface area contributed by atoms with Crippen molar-refractivity contribution in [3.8, 4) is 0 Å². The number of benzene rings is 1. The maximum atomic E-state index is 12.3. The molecule has 1 saturated carbocycles. The first-order valence-electron chi connectivity index (χ1n) is 7.05. The molecule has 110 valence electrons. The van der Waals surface area contributed by atoms with E-state index in [-0.39, 0.29) is 23.5 Å². The molecule has 0 heterocycles. The zero-order valence-corrected chi connectivity index (χ0v) is 12.6. The summed E-state index contributed by atoms with van der Waals surface area (Å²) in [6, 6.07) is 9.93. The topological polar surface area (TPSA) is 54.5 Å². The highest BCUT2D eigenvalue weighted by atomic mass is 32.2. The minimum atomic E-state index is -3.27. The van der Waals surface area contributed by atoms with Gasteiger partial charge in [-0.1, -0.05) is 37.3 Å². The second-order valence-electron chi connectivity index (χ2n) is 5.33. The van der Waals surface area contributed by atoms with Gasteiger partial charge >= 0.3 is 0 Å². The lowest BCUT2D eigenvalue weighted by atomic mass is 10.2. The molecule has 0 aliphatic heterocycles. The second kappa shape index (κ2) is 6.39. The average Bonchev–Trinajstić information content (AvgIpc) is 3.20. The molecule has 1 fully saturated rings. The fourth-order valence-corrected chi connectivity index (χ4v) is 3.55. The minimum Gasteiger partial charge on any atom is -0.335 e. The van der Waals surface area contributed by atoms with E-state index in [9.17, 15) is 13.2 Å². The summed E-state index contributed by atoms with van der Waals surface area (Å²) in [7, 11) is -3.27. The minimum absolute atomic E-state index is 0.0859. The van der Waals surface area contributed by atoms with Gasteiger partial charge in [0.05, 0.1) is 5.75 Å². The van der Waals surface area contributed by atoms with Gasteiger partial charge in [0, 0.05) is 12.6 Å². The Labute approximate surface area is 120 Å². The zero-order valence-electron chi connectivity index (χ0n) is 11.8. The van der Waals surface area contributed by atoms with Crippen molar-refractivity contribution in [2.24, 2.45) is 0 Å². The quantitative estimate of drug-likeness (QED) is 0.773. The molecule has 5 heteroatoms. The van der Waals surface area contributed by atoms with Gasteiger partial charge in [0.25, 0.3) is 0 Å². The Balaban J connectivity index is 2.04. The summed E-state index contributed by atoms with van der Waals surface area (Å²) in [5.41, 5.74) is 1.04. The molecule has 2 rings (SSSR count). The van der Waals surface area contributed by atoms with Gasteiger partial charge in [-0.15, -0.1) is 0 Å². The average molecular weight is 295 g/mol. The summed E-state index contributed by atoms with van der Waals surface area (Å²) < 4.78 is 23.6. The molecule has 1 aliphatic rings. The molecule has 0 atom stereocenters. The molecule has 0 unspecified atom stereocenters. The van der Waals surface area contributed by atoms with Gasteiger partial charge in [-0.2, -0.15) is 0 Å². The van der Waals surface area contributed by atoms with Crippen LogP contribution >= 0.6 is 0 Å². The molecule has 20 heavy (non-hydrogen) atoms. The van der Waals surface area contributed by atoms with E-state index in [2.05, 4.69) is 0 Å².